The number of halogens is 5. The highest BCUT2D eigenvalue weighted by molar-refractivity contribution is 8.01. The molecule has 0 aliphatic heterocycles. The lowest BCUT2D eigenvalue weighted by atomic mass is 10.1. The van der Waals surface area contributed by atoms with Gasteiger partial charge in [-0.15, -0.1) is 11.8 Å². The lowest BCUT2D eigenvalue weighted by Crippen LogP contribution is -2.04. The van der Waals surface area contributed by atoms with Crippen molar-refractivity contribution in [3.05, 3.63) is 70.0 Å². The van der Waals surface area contributed by atoms with Gasteiger partial charge in [0.05, 0.1) is 21.2 Å². The van der Waals surface area contributed by atoms with Crippen molar-refractivity contribution in [2.45, 2.75) is 36.4 Å². The largest absolute Gasteiger partial charge is 0.416 e. The Labute approximate surface area is 207 Å². The summed E-state index contributed by atoms with van der Waals surface area (Å²) in [5.74, 6) is 0. The van der Waals surface area contributed by atoms with E-state index in [9.17, 15) is 13.2 Å². The van der Waals surface area contributed by atoms with Gasteiger partial charge in [0, 0.05) is 32.6 Å². The number of hydrogen-bond donors (Lipinski definition) is 0. The second kappa shape index (κ2) is 9.33. The number of rotatable bonds is 5. The Morgan fingerprint density at radius 2 is 1.64 bits per heavy atom. The molecule has 0 aliphatic rings. The van der Waals surface area contributed by atoms with E-state index in [-0.39, 0.29) is 5.25 Å². The second-order valence-electron chi connectivity index (χ2n) is 7.61. The molecular formula is C23H18Cl2F3N3S2. The van der Waals surface area contributed by atoms with Gasteiger partial charge in [0.15, 0.2) is 0 Å². The number of alkyl halides is 3. The number of hydrogen-bond acceptors (Lipinski definition) is 4. The molecule has 3 nitrogen and oxygen atoms in total. The molecule has 0 bridgehead atoms. The summed E-state index contributed by atoms with van der Waals surface area (Å²) in [6, 6.07) is 10.4. The van der Waals surface area contributed by atoms with Crippen molar-refractivity contribution in [3.8, 4) is 27.5 Å². The Kier molecular flexibility index (Phi) is 6.82. The molecule has 0 fully saturated rings. The summed E-state index contributed by atoms with van der Waals surface area (Å²) in [7, 11) is 0. The third-order valence-corrected chi connectivity index (χ3v) is 7.38. The number of thiazole rings is 1. The molecule has 2 aromatic carbocycles. The fourth-order valence-corrected chi connectivity index (χ4v) is 6.21. The molecule has 0 unspecified atom stereocenters. The minimum Gasteiger partial charge on any atom is -0.217 e. The van der Waals surface area contributed by atoms with Crippen LogP contribution in [-0.2, 0) is 6.18 Å². The van der Waals surface area contributed by atoms with E-state index in [2.05, 4.69) is 18.9 Å². The van der Waals surface area contributed by atoms with Crippen molar-refractivity contribution in [2.24, 2.45) is 0 Å². The smallest absolute Gasteiger partial charge is 0.217 e. The average Bonchev–Trinajstić information content (AvgIpc) is 3.30. The highest BCUT2D eigenvalue weighted by atomic mass is 35.5. The maximum Gasteiger partial charge on any atom is 0.416 e. The number of aromatic nitrogens is 3. The van der Waals surface area contributed by atoms with Crippen molar-refractivity contribution in [1.82, 2.24) is 14.8 Å². The van der Waals surface area contributed by atoms with Crippen LogP contribution in [-0.4, -0.2) is 20.0 Å². The molecule has 10 heteroatoms. The van der Waals surface area contributed by atoms with Gasteiger partial charge in [0.1, 0.15) is 0 Å². The molecule has 0 spiro atoms. The van der Waals surface area contributed by atoms with E-state index >= 15 is 0 Å². The molecule has 0 amide bonds. The van der Waals surface area contributed by atoms with Crippen molar-refractivity contribution in [3.63, 3.8) is 0 Å². The van der Waals surface area contributed by atoms with E-state index in [1.165, 1.54) is 23.5 Å². The van der Waals surface area contributed by atoms with Crippen LogP contribution in [0.1, 0.15) is 25.1 Å². The molecule has 172 valence electrons. The van der Waals surface area contributed by atoms with E-state index in [1.807, 2.05) is 25.3 Å². The molecule has 2 aromatic heterocycles. The standard InChI is InChI=1S/C23H18Cl2F3N3S2/c1-12(2)32-21-20(14-4-6-16(7-5-14)23(26,27)28)29-22(33-21)31-11-19(13(3)30-31)15-8-17(24)10-18(25)9-15/h4-12H,1-3H3. The Morgan fingerprint density at radius 3 is 2.21 bits per heavy atom. The molecular weight excluding hydrogens is 510 g/mol. The van der Waals surface area contributed by atoms with Crippen LogP contribution < -0.4 is 0 Å². The van der Waals surface area contributed by atoms with Crippen molar-refractivity contribution >= 4 is 46.3 Å². The highest BCUT2D eigenvalue weighted by Gasteiger charge is 2.30. The Bertz CT molecular complexity index is 1280. The molecule has 4 aromatic rings. The van der Waals surface area contributed by atoms with Gasteiger partial charge in [0.2, 0.25) is 5.13 Å². The normalized spacial score (nSPS) is 12.0. The molecule has 0 N–H and O–H groups in total. The van der Waals surface area contributed by atoms with E-state index < -0.39 is 11.7 Å². The van der Waals surface area contributed by atoms with E-state index in [4.69, 9.17) is 28.2 Å². The third-order valence-electron chi connectivity index (χ3n) is 4.68. The second-order valence-corrected chi connectivity index (χ2v) is 11.3. The molecule has 0 saturated carbocycles. The fraction of sp³-hybridized carbons (Fsp3) is 0.217. The molecule has 0 saturated heterocycles. The quantitative estimate of drug-likeness (QED) is 0.243. The molecule has 33 heavy (non-hydrogen) atoms. The summed E-state index contributed by atoms with van der Waals surface area (Å²) >= 11 is 15.4. The number of nitrogens with zero attached hydrogens (tertiary/aromatic N) is 3. The van der Waals surface area contributed by atoms with E-state index in [1.54, 1.807) is 22.5 Å². The molecule has 0 atom stereocenters. The third kappa shape index (κ3) is 5.40. The van der Waals surface area contributed by atoms with Crippen LogP contribution in [0.4, 0.5) is 13.2 Å². The zero-order valence-electron chi connectivity index (χ0n) is 17.7. The summed E-state index contributed by atoms with van der Waals surface area (Å²) in [6.07, 6.45) is -2.52. The van der Waals surface area contributed by atoms with Gasteiger partial charge in [-0.05, 0) is 42.8 Å². The maximum absolute atomic E-state index is 13.0. The maximum atomic E-state index is 13.0. The van der Waals surface area contributed by atoms with Gasteiger partial charge in [-0.25, -0.2) is 9.67 Å². The van der Waals surface area contributed by atoms with Crippen molar-refractivity contribution < 1.29 is 13.2 Å². The summed E-state index contributed by atoms with van der Waals surface area (Å²) in [5.41, 5.74) is 3.06. The summed E-state index contributed by atoms with van der Waals surface area (Å²) in [5, 5.41) is 6.56. The predicted octanol–water partition coefficient (Wildman–Crippen LogP) is 8.80. The van der Waals surface area contributed by atoms with Crippen LogP contribution in [0, 0.1) is 6.92 Å². The van der Waals surface area contributed by atoms with E-state index in [0.29, 0.717) is 26.4 Å². The fourth-order valence-electron chi connectivity index (χ4n) is 3.24. The van der Waals surface area contributed by atoms with Gasteiger partial charge in [-0.1, -0.05) is 60.5 Å². The minimum absolute atomic E-state index is 0.273. The van der Waals surface area contributed by atoms with Gasteiger partial charge < -0.3 is 0 Å². The minimum atomic E-state index is -4.38. The van der Waals surface area contributed by atoms with Crippen LogP contribution >= 0.6 is 46.3 Å². The summed E-state index contributed by atoms with van der Waals surface area (Å²) < 4.78 is 41.5. The predicted molar refractivity (Wildman–Crippen MR) is 131 cm³/mol. The van der Waals surface area contributed by atoms with E-state index in [0.717, 1.165) is 33.2 Å². The lowest BCUT2D eigenvalue weighted by molar-refractivity contribution is -0.137. The number of benzene rings is 2. The average molecular weight is 528 g/mol. The first-order chi connectivity index (χ1) is 15.5. The van der Waals surface area contributed by atoms with Gasteiger partial charge in [-0.3, -0.25) is 0 Å². The molecule has 0 radical (unpaired) electrons. The Balaban J connectivity index is 1.76. The first-order valence-corrected chi connectivity index (χ1v) is 12.3. The number of thioether (sulfide) groups is 1. The molecule has 4 rings (SSSR count). The first kappa shape index (κ1) is 24.1. The van der Waals surface area contributed by atoms with Gasteiger partial charge in [-0.2, -0.15) is 18.3 Å². The molecule has 2 heterocycles. The Morgan fingerprint density at radius 1 is 1.00 bits per heavy atom. The van der Waals surface area contributed by atoms with Crippen LogP contribution in [0.3, 0.4) is 0 Å². The van der Waals surface area contributed by atoms with Crippen LogP contribution in [0.5, 0.6) is 0 Å². The van der Waals surface area contributed by atoms with Crippen LogP contribution in [0.2, 0.25) is 10.0 Å². The highest BCUT2D eigenvalue weighted by Crippen LogP contribution is 2.41. The van der Waals surface area contributed by atoms with Crippen LogP contribution in [0.25, 0.3) is 27.5 Å². The van der Waals surface area contributed by atoms with Crippen LogP contribution in [0.15, 0.2) is 52.9 Å². The molecule has 0 aliphatic carbocycles. The van der Waals surface area contributed by atoms with Gasteiger partial charge in [0.25, 0.3) is 0 Å². The Hall–Kier alpha value is -2.00. The van der Waals surface area contributed by atoms with Crippen molar-refractivity contribution in [1.29, 1.82) is 0 Å². The SMILES string of the molecule is Cc1nn(-c2nc(-c3ccc(C(F)(F)F)cc3)c(SC(C)C)s2)cc1-c1cc(Cl)cc(Cl)c1. The topological polar surface area (TPSA) is 30.7 Å². The van der Waals surface area contributed by atoms with Crippen molar-refractivity contribution in [2.75, 3.05) is 0 Å². The zero-order chi connectivity index (χ0) is 23.9. The first-order valence-electron chi connectivity index (χ1n) is 9.89. The van der Waals surface area contributed by atoms with Gasteiger partial charge >= 0.3 is 6.18 Å². The zero-order valence-corrected chi connectivity index (χ0v) is 20.9. The number of aryl methyl sites for hydroxylation is 1. The summed E-state index contributed by atoms with van der Waals surface area (Å²) in [6.45, 7) is 5.99. The lowest BCUT2D eigenvalue weighted by Gasteiger charge is -2.08. The monoisotopic (exact) mass is 527 g/mol. The summed E-state index contributed by atoms with van der Waals surface area (Å²) in [4.78, 5) is 4.74.